The molecule has 0 aliphatic carbocycles. The van der Waals surface area contributed by atoms with Crippen molar-refractivity contribution >= 4 is 0 Å². The third kappa shape index (κ3) is 5.46. The van der Waals surface area contributed by atoms with E-state index in [1.54, 1.807) is 0 Å². The van der Waals surface area contributed by atoms with Gasteiger partial charge in [-0.15, -0.1) is 0 Å². The van der Waals surface area contributed by atoms with Crippen molar-refractivity contribution in [3.8, 4) is 12.1 Å². The Morgan fingerprint density at radius 1 is 1.44 bits per heavy atom. The van der Waals surface area contributed by atoms with E-state index in [4.69, 9.17) is 15.3 Å². The molecule has 2 unspecified atom stereocenters. The van der Waals surface area contributed by atoms with Gasteiger partial charge in [0.05, 0.1) is 30.8 Å². The summed E-state index contributed by atoms with van der Waals surface area (Å²) in [5.74, 6) is -0.0391. The molecule has 0 aromatic heterocycles. The van der Waals surface area contributed by atoms with Gasteiger partial charge >= 0.3 is 0 Å². The molecule has 1 aliphatic rings. The van der Waals surface area contributed by atoms with Crippen LogP contribution in [0.25, 0.3) is 0 Å². The highest BCUT2D eigenvalue weighted by molar-refractivity contribution is 4.89. The van der Waals surface area contributed by atoms with E-state index >= 15 is 0 Å². The van der Waals surface area contributed by atoms with Gasteiger partial charge in [0.2, 0.25) is 0 Å². The summed E-state index contributed by atoms with van der Waals surface area (Å²) in [5.41, 5.74) is 0. The predicted octanol–water partition coefficient (Wildman–Crippen LogP) is 0.692. The molecule has 0 bridgehead atoms. The number of likely N-dealkylation sites (N-methyl/N-ethyl adjacent to an activating group) is 1. The van der Waals surface area contributed by atoms with Gasteiger partial charge in [0, 0.05) is 32.6 Å². The number of morpholine rings is 1. The number of ether oxygens (including phenoxy) is 1. The maximum atomic E-state index is 9.07. The number of hydrogen-bond acceptors (Lipinski definition) is 5. The van der Waals surface area contributed by atoms with E-state index in [-0.39, 0.29) is 12.0 Å². The molecule has 2 atom stereocenters. The molecule has 1 rings (SSSR count). The Morgan fingerprint density at radius 3 is 2.83 bits per heavy atom. The molecule has 0 aromatic carbocycles. The van der Waals surface area contributed by atoms with Crippen LogP contribution in [0.3, 0.4) is 0 Å². The zero-order chi connectivity index (χ0) is 13.4. The van der Waals surface area contributed by atoms with Crippen LogP contribution in [0, 0.1) is 28.6 Å². The second kappa shape index (κ2) is 8.05. The molecule has 0 aromatic rings. The van der Waals surface area contributed by atoms with Crippen molar-refractivity contribution in [1.29, 1.82) is 10.5 Å². The quantitative estimate of drug-likeness (QED) is 0.694. The van der Waals surface area contributed by atoms with E-state index in [0.29, 0.717) is 12.8 Å². The molecule has 0 spiro atoms. The van der Waals surface area contributed by atoms with Gasteiger partial charge in [-0.3, -0.25) is 4.90 Å². The standard InChI is InChI=1S/C13H22N4O/c1-16(2)10-13-11-17(6-7-18-13)9-12(8-15)4-3-5-14/h12-13H,3-4,6-7,9-11H2,1-2H3. The maximum absolute atomic E-state index is 9.07. The van der Waals surface area contributed by atoms with Crippen molar-refractivity contribution in [2.24, 2.45) is 5.92 Å². The molecule has 0 amide bonds. The monoisotopic (exact) mass is 250 g/mol. The summed E-state index contributed by atoms with van der Waals surface area (Å²) in [6.07, 6.45) is 1.36. The van der Waals surface area contributed by atoms with Gasteiger partial charge in [0.15, 0.2) is 0 Å². The highest BCUT2D eigenvalue weighted by Crippen LogP contribution is 2.12. The van der Waals surface area contributed by atoms with Gasteiger partial charge in [-0.25, -0.2) is 0 Å². The largest absolute Gasteiger partial charge is 0.374 e. The molecule has 0 saturated carbocycles. The summed E-state index contributed by atoms with van der Waals surface area (Å²) in [7, 11) is 4.07. The minimum absolute atomic E-state index is 0.0391. The molecule has 1 fully saturated rings. The first-order chi connectivity index (χ1) is 8.65. The van der Waals surface area contributed by atoms with Crippen LogP contribution in [0.4, 0.5) is 0 Å². The van der Waals surface area contributed by atoms with Crippen molar-refractivity contribution in [3.05, 3.63) is 0 Å². The van der Waals surface area contributed by atoms with Crippen molar-refractivity contribution < 1.29 is 4.74 Å². The lowest BCUT2D eigenvalue weighted by molar-refractivity contribution is -0.0404. The lowest BCUT2D eigenvalue weighted by Crippen LogP contribution is -2.47. The van der Waals surface area contributed by atoms with Crippen molar-refractivity contribution in [2.45, 2.75) is 18.9 Å². The summed E-state index contributed by atoms with van der Waals surface area (Å²) in [4.78, 5) is 4.40. The van der Waals surface area contributed by atoms with E-state index in [1.807, 2.05) is 14.1 Å². The fraction of sp³-hybridized carbons (Fsp3) is 0.846. The zero-order valence-electron chi connectivity index (χ0n) is 11.3. The summed E-state index contributed by atoms with van der Waals surface area (Å²) < 4.78 is 5.70. The van der Waals surface area contributed by atoms with E-state index in [0.717, 1.165) is 32.8 Å². The third-order valence-corrected chi connectivity index (χ3v) is 3.06. The number of nitriles is 2. The molecule has 5 heteroatoms. The van der Waals surface area contributed by atoms with Gasteiger partial charge in [-0.1, -0.05) is 0 Å². The molecular weight excluding hydrogens is 228 g/mol. The average molecular weight is 250 g/mol. The first kappa shape index (κ1) is 14.9. The summed E-state index contributed by atoms with van der Waals surface area (Å²) >= 11 is 0. The zero-order valence-corrected chi connectivity index (χ0v) is 11.3. The molecule has 18 heavy (non-hydrogen) atoms. The van der Waals surface area contributed by atoms with E-state index in [9.17, 15) is 0 Å². The van der Waals surface area contributed by atoms with Crippen LogP contribution in [0.1, 0.15) is 12.8 Å². The molecule has 1 saturated heterocycles. The molecule has 1 aliphatic heterocycles. The van der Waals surface area contributed by atoms with Crippen LogP contribution < -0.4 is 0 Å². The van der Waals surface area contributed by atoms with Crippen molar-refractivity contribution in [2.75, 3.05) is 46.9 Å². The van der Waals surface area contributed by atoms with Gasteiger partial charge in [-0.2, -0.15) is 10.5 Å². The molecule has 100 valence electrons. The third-order valence-electron chi connectivity index (χ3n) is 3.06. The molecule has 5 nitrogen and oxygen atoms in total. The molecule has 0 radical (unpaired) electrons. The van der Waals surface area contributed by atoms with Crippen molar-refractivity contribution in [1.82, 2.24) is 9.80 Å². The van der Waals surface area contributed by atoms with Crippen LogP contribution in [0.5, 0.6) is 0 Å². The molecular formula is C13H22N4O. The lowest BCUT2D eigenvalue weighted by Gasteiger charge is -2.34. The highest BCUT2D eigenvalue weighted by atomic mass is 16.5. The van der Waals surface area contributed by atoms with Crippen LogP contribution in [-0.2, 0) is 4.74 Å². The summed E-state index contributed by atoms with van der Waals surface area (Å²) in [6, 6.07) is 4.40. The minimum atomic E-state index is -0.0391. The van der Waals surface area contributed by atoms with Crippen LogP contribution >= 0.6 is 0 Å². The SMILES string of the molecule is CN(C)CC1CN(CC(C#N)CCC#N)CCO1. The van der Waals surface area contributed by atoms with E-state index in [1.165, 1.54) is 0 Å². The number of hydrogen-bond donors (Lipinski definition) is 0. The van der Waals surface area contributed by atoms with Gasteiger partial charge < -0.3 is 9.64 Å². The highest BCUT2D eigenvalue weighted by Gasteiger charge is 2.23. The second-order valence-corrected chi connectivity index (χ2v) is 5.04. The minimum Gasteiger partial charge on any atom is -0.374 e. The van der Waals surface area contributed by atoms with Gasteiger partial charge in [0.25, 0.3) is 0 Å². The average Bonchev–Trinajstić information content (AvgIpc) is 2.34. The Hall–Kier alpha value is -1.14. The topological polar surface area (TPSA) is 63.3 Å². The van der Waals surface area contributed by atoms with Crippen molar-refractivity contribution in [3.63, 3.8) is 0 Å². The fourth-order valence-corrected chi connectivity index (χ4v) is 2.21. The van der Waals surface area contributed by atoms with E-state index in [2.05, 4.69) is 21.9 Å². The fourth-order valence-electron chi connectivity index (χ4n) is 2.21. The Balaban J connectivity index is 2.37. The van der Waals surface area contributed by atoms with E-state index < -0.39 is 0 Å². The second-order valence-electron chi connectivity index (χ2n) is 5.04. The Bertz CT molecular complexity index is 318. The van der Waals surface area contributed by atoms with Gasteiger partial charge in [-0.05, 0) is 20.5 Å². The first-order valence-electron chi connectivity index (χ1n) is 6.41. The van der Waals surface area contributed by atoms with Crippen LogP contribution in [0.15, 0.2) is 0 Å². The van der Waals surface area contributed by atoms with Gasteiger partial charge in [0.1, 0.15) is 0 Å². The van der Waals surface area contributed by atoms with Crippen LogP contribution in [0.2, 0.25) is 0 Å². The van der Waals surface area contributed by atoms with Crippen LogP contribution in [-0.4, -0.2) is 62.8 Å². The summed E-state index contributed by atoms with van der Waals surface area (Å²) in [6.45, 7) is 4.16. The molecule has 0 N–H and O–H groups in total. The lowest BCUT2D eigenvalue weighted by atomic mass is 10.0. The Labute approximate surface area is 110 Å². The summed E-state index contributed by atoms with van der Waals surface area (Å²) in [5, 5.41) is 17.6. The predicted molar refractivity (Wildman–Crippen MR) is 68.7 cm³/mol. The number of rotatable bonds is 6. The molecule has 1 heterocycles. The number of nitrogens with zero attached hydrogens (tertiary/aromatic N) is 4. The first-order valence-corrected chi connectivity index (χ1v) is 6.41. The Kier molecular flexibility index (Phi) is 6.67. The Morgan fingerprint density at radius 2 is 2.22 bits per heavy atom. The maximum Gasteiger partial charge on any atom is 0.0829 e. The normalized spacial score (nSPS) is 22.4. The smallest absolute Gasteiger partial charge is 0.0829 e.